The van der Waals surface area contributed by atoms with Crippen molar-refractivity contribution in [2.24, 2.45) is 0 Å². The molecule has 0 radical (unpaired) electrons. The Bertz CT molecular complexity index is 526. The number of benzene rings is 1. The summed E-state index contributed by atoms with van der Waals surface area (Å²) in [5.41, 5.74) is 0.332. The lowest BCUT2D eigenvalue weighted by Crippen LogP contribution is -2.51. The summed E-state index contributed by atoms with van der Waals surface area (Å²) >= 11 is 6.12. The largest absolute Gasteiger partial charge is 0.486 e. The third kappa shape index (κ3) is 3.10. The number of halogens is 1. The van der Waals surface area contributed by atoms with Gasteiger partial charge in [-0.15, -0.1) is 11.6 Å². The zero-order valence-electron chi connectivity index (χ0n) is 12.0. The zero-order valence-corrected chi connectivity index (χ0v) is 12.7. The number of ether oxygens (including phenoxy) is 2. The van der Waals surface area contributed by atoms with Gasteiger partial charge in [-0.1, -0.05) is 19.3 Å². The van der Waals surface area contributed by atoms with E-state index in [1.165, 1.54) is 6.42 Å². The number of hydrogen-bond acceptors (Lipinski definition) is 3. The standard InChI is InChI=1S/C16H20ClNO3/c17-11-16(6-2-1-3-7-16)18-15(19)12-4-5-13-14(10-12)21-9-8-20-13/h4-5,10H,1-3,6-9,11H2,(H,18,19). The van der Waals surface area contributed by atoms with Crippen LogP contribution in [0.1, 0.15) is 42.5 Å². The molecule has 1 saturated carbocycles. The lowest BCUT2D eigenvalue weighted by Gasteiger charge is -2.36. The van der Waals surface area contributed by atoms with Gasteiger partial charge < -0.3 is 14.8 Å². The lowest BCUT2D eigenvalue weighted by atomic mass is 9.83. The van der Waals surface area contributed by atoms with E-state index in [0.717, 1.165) is 25.7 Å². The molecule has 1 fully saturated rings. The number of fused-ring (bicyclic) bond motifs is 1. The molecule has 0 bridgehead atoms. The van der Waals surface area contributed by atoms with Gasteiger partial charge in [0.1, 0.15) is 13.2 Å². The second-order valence-electron chi connectivity index (χ2n) is 5.79. The maximum absolute atomic E-state index is 12.5. The normalized spacial score (nSPS) is 19.9. The van der Waals surface area contributed by atoms with E-state index < -0.39 is 0 Å². The van der Waals surface area contributed by atoms with E-state index in [2.05, 4.69) is 5.32 Å². The predicted molar refractivity (Wildman–Crippen MR) is 81.4 cm³/mol. The Kier molecular flexibility index (Phi) is 4.24. The third-order valence-electron chi connectivity index (χ3n) is 4.25. The molecule has 1 aliphatic carbocycles. The first-order valence-corrected chi connectivity index (χ1v) is 8.04. The Balaban J connectivity index is 1.75. The molecule has 1 aliphatic heterocycles. The molecule has 0 aromatic heterocycles. The van der Waals surface area contributed by atoms with Crippen LogP contribution >= 0.6 is 11.6 Å². The minimum Gasteiger partial charge on any atom is -0.486 e. The molecule has 1 aromatic carbocycles. The molecule has 114 valence electrons. The van der Waals surface area contributed by atoms with Crippen molar-refractivity contribution in [2.75, 3.05) is 19.1 Å². The monoisotopic (exact) mass is 309 g/mol. The Labute approximate surface area is 129 Å². The van der Waals surface area contributed by atoms with Crippen LogP contribution in [0.4, 0.5) is 0 Å². The SMILES string of the molecule is O=C(NC1(CCl)CCCCC1)c1ccc2c(c1)OCCO2. The van der Waals surface area contributed by atoms with Gasteiger partial charge in [-0.05, 0) is 31.0 Å². The number of alkyl halides is 1. The van der Waals surface area contributed by atoms with Crippen LogP contribution < -0.4 is 14.8 Å². The fraction of sp³-hybridized carbons (Fsp3) is 0.562. The van der Waals surface area contributed by atoms with Gasteiger partial charge >= 0.3 is 0 Å². The highest BCUT2D eigenvalue weighted by molar-refractivity contribution is 6.19. The highest BCUT2D eigenvalue weighted by Gasteiger charge is 2.33. The maximum atomic E-state index is 12.5. The number of rotatable bonds is 3. The van der Waals surface area contributed by atoms with Crippen molar-refractivity contribution in [3.8, 4) is 11.5 Å². The summed E-state index contributed by atoms with van der Waals surface area (Å²) in [5.74, 6) is 1.71. The molecule has 1 N–H and O–H groups in total. The molecule has 2 aliphatic rings. The molecular weight excluding hydrogens is 290 g/mol. The van der Waals surface area contributed by atoms with Gasteiger partial charge in [-0.25, -0.2) is 0 Å². The molecule has 21 heavy (non-hydrogen) atoms. The van der Waals surface area contributed by atoms with E-state index in [1.807, 2.05) is 0 Å². The quantitative estimate of drug-likeness (QED) is 0.873. The van der Waals surface area contributed by atoms with E-state index in [-0.39, 0.29) is 11.4 Å². The second kappa shape index (κ2) is 6.14. The Morgan fingerprint density at radius 3 is 2.57 bits per heavy atom. The van der Waals surface area contributed by atoms with E-state index >= 15 is 0 Å². The van der Waals surface area contributed by atoms with Crippen molar-refractivity contribution in [2.45, 2.75) is 37.6 Å². The van der Waals surface area contributed by atoms with E-state index in [0.29, 0.717) is 36.2 Å². The number of nitrogens with one attached hydrogen (secondary N) is 1. The Morgan fingerprint density at radius 2 is 1.86 bits per heavy atom. The van der Waals surface area contributed by atoms with E-state index in [1.54, 1.807) is 18.2 Å². The first-order valence-electron chi connectivity index (χ1n) is 7.51. The summed E-state index contributed by atoms with van der Waals surface area (Å²) < 4.78 is 11.0. The average Bonchev–Trinajstić information content (AvgIpc) is 2.55. The molecular formula is C16H20ClNO3. The Morgan fingerprint density at radius 1 is 1.14 bits per heavy atom. The van der Waals surface area contributed by atoms with Gasteiger partial charge in [-0.2, -0.15) is 0 Å². The van der Waals surface area contributed by atoms with Gasteiger partial charge in [0.25, 0.3) is 5.91 Å². The van der Waals surface area contributed by atoms with Gasteiger partial charge in [0, 0.05) is 11.4 Å². The highest BCUT2D eigenvalue weighted by Crippen LogP contribution is 2.32. The smallest absolute Gasteiger partial charge is 0.251 e. The minimum atomic E-state index is -0.260. The number of hydrogen-bond donors (Lipinski definition) is 1. The first kappa shape index (κ1) is 14.5. The molecule has 0 saturated heterocycles. The van der Waals surface area contributed by atoms with Crippen molar-refractivity contribution < 1.29 is 14.3 Å². The topological polar surface area (TPSA) is 47.6 Å². The molecule has 1 aromatic rings. The van der Waals surface area contributed by atoms with Gasteiger partial charge in [0.15, 0.2) is 11.5 Å². The molecule has 0 spiro atoms. The van der Waals surface area contributed by atoms with Crippen molar-refractivity contribution in [3.63, 3.8) is 0 Å². The fourth-order valence-corrected chi connectivity index (χ4v) is 3.35. The van der Waals surface area contributed by atoms with E-state index in [4.69, 9.17) is 21.1 Å². The van der Waals surface area contributed by atoms with Gasteiger partial charge in [0.2, 0.25) is 0 Å². The average molecular weight is 310 g/mol. The third-order valence-corrected chi connectivity index (χ3v) is 4.76. The molecule has 5 heteroatoms. The van der Waals surface area contributed by atoms with Crippen LogP contribution in [0.5, 0.6) is 11.5 Å². The van der Waals surface area contributed by atoms with Crippen molar-refractivity contribution in [1.29, 1.82) is 0 Å². The highest BCUT2D eigenvalue weighted by atomic mass is 35.5. The molecule has 1 amide bonds. The molecule has 0 unspecified atom stereocenters. The van der Waals surface area contributed by atoms with E-state index in [9.17, 15) is 4.79 Å². The molecule has 1 heterocycles. The van der Waals surface area contributed by atoms with Crippen LogP contribution in [0, 0.1) is 0 Å². The molecule has 4 nitrogen and oxygen atoms in total. The lowest BCUT2D eigenvalue weighted by molar-refractivity contribution is 0.0883. The van der Waals surface area contributed by atoms with Crippen LogP contribution in [0.25, 0.3) is 0 Å². The van der Waals surface area contributed by atoms with Crippen molar-refractivity contribution in [1.82, 2.24) is 5.32 Å². The summed E-state index contributed by atoms with van der Waals surface area (Å²) in [4.78, 5) is 12.5. The van der Waals surface area contributed by atoms with Crippen molar-refractivity contribution >= 4 is 17.5 Å². The van der Waals surface area contributed by atoms with Gasteiger partial charge in [0.05, 0.1) is 5.54 Å². The Hall–Kier alpha value is -1.42. The zero-order chi connectivity index (χ0) is 14.7. The summed E-state index contributed by atoms with van der Waals surface area (Å²) in [7, 11) is 0. The van der Waals surface area contributed by atoms with Crippen LogP contribution in [-0.4, -0.2) is 30.5 Å². The van der Waals surface area contributed by atoms with Crippen molar-refractivity contribution in [3.05, 3.63) is 23.8 Å². The summed E-state index contributed by atoms with van der Waals surface area (Å²) in [6.45, 7) is 1.07. The first-order chi connectivity index (χ1) is 10.2. The van der Waals surface area contributed by atoms with Gasteiger partial charge in [-0.3, -0.25) is 4.79 Å². The molecule has 0 atom stereocenters. The summed E-state index contributed by atoms with van der Waals surface area (Å²) in [6, 6.07) is 5.31. The summed E-state index contributed by atoms with van der Waals surface area (Å²) in [6.07, 6.45) is 5.36. The van der Waals surface area contributed by atoms with Crippen LogP contribution in [0.15, 0.2) is 18.2 Å². The number of carbonyl (C=O) groups is 1. The summed E-state index contributed by atoms with van der Waals surface area (Å²) in [5, 5.41) is 3.14. The second-order valence-corrected chi connectivity index (χ2v) is 6.05. The maximum Gasteiger partial charge on any atom is 0.251 e. The van der Waals surface area contributed by atoms with Crippen LogP contribution in [-0.2, 0) is 0 Å². The fourth-order valence-electron chi connectivity index (χ4n) is 3.02. The van der Waals surface area contributed by atoms with Crippen LogP contribution in [0.3, 0.4) is 0 Å². The van der Waals surface area contributed by atoms with Crippen LogP contribution in [0.2, 0.25) is 0 Å². The number of carbonyl (C=O) groups excluding carboxylic acids is 1. The minimum absolute atomic E-state index is 0.0884. The predicted octanol–water partition coefficient (Wildman–Crippen LogP) is 3.13. The molecule has 3 rings (SSSR count). The number of amides is 1.